The third-order valence-electron chi connectivity index (χ3n) is 3.17. The Balaban J connectivity index is 2.29. The van der Waals surface area contributed by atoms with Crippen molar-refractivity contribution in [3.8, 4) is 0 Å². The van der Waals surface area contributed by atoms with Gasteiger partial charge in [-0.25, -0.2) is 9.18 Å². The monoisotopic (exact) mass is 301 g/mol. The van der Waals surface area contributed by atoms with Gasteiger partial charge in [-0.15, -0.1) is 0 Å². The van der Waals surface area contributed by atoms with E-state index in [9.17, 15) is 19.1 Å². The molecule has 0 saturated carbocycles. The van der Waals surface area contributed by atoms with Crippen LogP contribution in [-0.4, -0.2) is 47.7 Å². The van der Waals surface area contributed by atoms with E-state index in [0.29, 0.717) is 0 Å². The normalized spacial score (nSPS) is 21.9. The van der Waals surface area contributed by atoms with Gasteiger partial charge in [-0.3, -0.25) is 4.79 Å². The zero-order valence-corrected chi connectivity index (χ0v) is 11.4. The zero-order chi connectivity index (χ0) is 14.9. The molecule has 1 aromatic carbocycles. The van der Waals surface area contributed by atoms with Gasteiger partial charge in [0.15, 0.2) is 0 Å². The summed E-state index contributed by atoms with van der Waals surface area (Å²) in [6.07, 6.45) is -0.695. The first-order valence-corrected chi connectivity index (χ1v) is 6.33. The van der Waals surface area contributed by atoms with Crippen LogP contribution in [0.15, 0.2) is 18.2 Å². The van der Waals surface area contributed by atoms with Gasteiger partial charge in [-0.05, 0) is 18.2 Å². The van der Waals surface area contributed by atoms with Gasteiger partial charge in [0.05, 0.1) is 23.8 Å². The Bertz CT molecular complexity index is 551. The van der Waals surface area contributed by atoms with Crippen molar-refractivity contribution in [2.45, 2.75) is 18.6 Å². The number of aliphatic hydroxyl groups excluding tert-OH is 1. The van der Waals surface area contributed by atoms with E-state index in [1.54, 1.807) is 0 Å². The van der Waals surface area contributed by atoms with E-state index >= 15 is 0 Å². The number of halogens is 2. The SMILES string of the molecule is COC(=O)C1CC(O)CN1C(=O)c1ccc(F)cc1Cl. The summed E-state index contributed by atoms with van der Waals surface area (Å²) < 4.78 is 17.6. The second kappa shape index (κ2) is 5.76. The molecule has 1 N–H and O–H groups in total. The molecule has 1 amide bonds. The second-order valence-electron chi connectivity index (χ2n) is 4.51. The van der Waals surface area contributed by atoms with Gasteiger partial charge in [0, 0.05) is 13.0 Å². The van der Waals surface area contributed by atoms with Crippen LogP contribution in [0.3, 0.4) is 0 Å². The van der Waals surface area contributed by atoms with Crippen molar-refractivity contribution in [1.29, 1.82) is 0 Å². The van der Waals surface area contributed by atoms with Crippen LogP contribution in [0.2, 0.25) is 5.02 Å². The third kappa shape index (κ3) is 2.76. The molecule has 0 aromatic heterocycles. The molecule has 2 unspecified atom stereocenters. The van der Waals surface area contributed by atoms with E-state index in [1.165, 1.54) is 18.1 Å². The van der Waals surface area contributed by atoms with Crippen molar-refractivity contribution in [2.24, 2.45) is 0 Å². The summed E-state index contributed by atoms with van der Waals surface area (Å²) in [5.41, 5.74) is 0.0797. The molecular weight excluding hydrogens is 289 g/mol. The molecule has 2 rings (SSSR count). The van der Waals surface area contributed by atoms with Crippen LogP contribution in [0.25, 0.3) is 0 Å². The Morgan fingerprint density at radius 3 is 2.80 bits per heavy atom. The number of carbonyl (C=O) groups excluding carboxylic acids is 2. The van der Waals surface area contributed by atoms with Crippen LogP contribution in [0.5, 0.6) is 0 Å². The zero-order valence-electron chi connectivity index (χ0n) is 10.7. The lowest BCUT2D eigenvalue weighted by molar-refractivity contribution is -0.145. The lowest BCUT2D eigenvalue weighted by Crippen LogP contribution is -2.41. The van der Waals surface area contributed by atoms with E-state index in [-0.39, 0.29) is 23.6 Å². The summed E-state index contributed by atoms with van der Waals surface area (Å²) in [5, 5.41) is 9.59. The third-order valence-corrected chi connectivity index (χ3v) is 3.49. The molecule has 1 aromatic rings. The Morgan fingerprint density at radius 1 is 1.50 bits per heavy atom. The minimum absolute atomic E-state index is 0.00626. The molecule has 0 spiro atoms. The largest absolute Gasteiger partial charge is 0.467 e. The number of benzene rings is 1. The van der Waals surface area contributed by atoms with E-state index < -0.39 is 29.8 Å². The number of carbonyl (C=O) groups is 2. The maximum Gasteiger partial charge on any atom is 0.328 e. The van der Waals surface area contributed by atoms with Crippen LogP contribution < -0.4 is 0 Å². The van der Waals surface area contributed by atoms with Gasteiger partial charge in [0.2, 0.25) is 0 Å². The molecule has 108 valence electrons. The quantitative estimate of drug-likeness (QED) is 0.834. The number of hydrogen-bond acceptors (Lipinski definition) is 4. The molecule has 2 atom stereocenters. The molecule has 1 saturated heterocycles. The molecular formula is C13H13ClFNO4. The van der Waals surface area contributed by atoms with Crippen molar-refractivity contribution in [2.75, 3.05) is 13.7 Å². The first-order chi connectivity index (χ1) is 9.43. The van der Waals surface area contributed by atoms with Crippen molar-refractivity contribution < 1.29 is 23.8 Å². The van der Waals surface area contributed by atoms with Crippen molar-refractivity contribution in [3.05, 3.63) is 34.6 Å². The van der Waals surface area contributed by atoms with Crippen LogP contribution >= 0.6 is 11.6 Å². The summed E-state index contributed by atoms with van der Waals surface area (Å²) in [5.74, 6) is -1.70. The van der Waals surface area contributed by atoms with E-state index in [0.717, 1.165) is 12.1 Å². The average molecular weight is 302 g/mol. The van der Waals surface area contributed by atoms with Crippen molar-refractivity contribution in [3.63, 3.8) is 0 Å². The predicted molar refractivity (Wildman–Crippen MR) is 68.9 cm³/mol. The van der Waals surface area contributed by atoms with E-state index in [1.807, 2.05) is 0 Å². The fraction of sp³-hybridized carbons (Fsp3) is 0.385. The van der Waals surface area contributed by atoms with Crippen LogP contribution in [0.1, 0.15) is 16.8 Å². The fourth-order valence-corrected chi connectivity index (χ4v) is 2.46. The highest BCUT2D eigenvalue weighted by molar-refractivity contribution is 6.33. The van der Waals surface area contributed by atoms with Crippen molar-refractivity contribution >= 4 is 23.5 Å². The van der Waals surface area contributed by atoms with Crippen LogP contribution in [0.4, 0.5) is 4.39 Å². The highest BCUT2D eigenvalue weighted by atomic mass is 35.5. The maximum atomic E-state index is 13.0. The smallest absolute Gasteiger partial charge is 0.328 e. The standard InChI is InChI=1S/C13H13ClFNO4/c1-20-13(19)11-5-8(17)6-16(11)12(18)9-3-2-7(15)4-10(9)14/h2-4,8,11,17H,5-6H2,1H3. The number of β-amino-alcohol motifs (C(OH)–C–C–N with tert-alkyl or cyclic N) is 1. The van der Waals surface area contributed by atoms with Crippen LogP contribution in [-0.2, 0) is 9.53 Å². The molecule has 0 radical (unpaired) electrons. The number of rotatable bonds is 2. The number of esters is 1. The molecule has 1 heterocycles. The summed E-state index contributed by atoms with van der Waals surface area (Å²) in [6, 6.07) is 2.52. The number of amides is 1. The number of nitrogens with zero attached hydrogens (tertiary/aromatic N) is 1. The molecule has 20 heavy (non-hydrogen) atoms. The van der Waals surface area contributed by atoms with Gasteiger partial charge in [-0.1, -0.05) is 11.6 Å². The molecule has 1 aliphatic heterocycles. The molecule has 0 aliphatic carbocycles. The number of hydrogen-bond donors (Lipinski definition) is 1. The minimum atomic E-state index is -0.858. The lowest BCUT2D eigenvalue weighted by atomic mass is 10.1. The lowest BCUT2D eigenvalue weighted by Gasteiger charge is -2.22. The van der Waals surface area contributed by atoms with Gasteiger partial charge in [0.1, 0.15) is 11.9 Å². The Labute approximate surface area is 119 Å². The second-order valence-corrected chi connectivity index (χ2v) is 4.92. The summed E-state index contributed by atoms with van der Waals surface area (Å²) in [4.78, 5) is 25.2. The van der Waals surface area contributed by atoms with Gasteiger partial charge < -0.3 is 14.7 Å². The first kappa shape index (κ1) is 14.7. The Hall–Kier alpha value is -1.66. The average Bonchev–Trinajstić information content (AvgIpc) is 2.79. The summed E-state index contributed by atoms with van der Waals surface area (Å²) in [6.45, 7) is 0.00626. The van der Waals surface area contributed by atoms with Gasteiger partial charge >= 0.3 is 5.97 Å². The summed E-state index contributed by atoms with van der Waals surface area (Å²) in [7, 11) is 1.21. The molecule has 1 fully saturated rings. The summed E-state index contributed by atoms with van der Waals surface area (Å²) >= 11 is 5.83. The highest BCUT2D eigenvalue weighted by Crippen LogP contribution is 2.25. The molecule has 7 heteroatoms. The fourth-order valence-electron chi connectivity index (χ4n) is 2.22. The topological polar surface area (TPSA) is 66.8 Å². The molecule has 0 bridgehead atoms. The number of ether oxygens (including phenoxy) is 1. The number of methoxy groups -OCH3 is 1. The maximum absolute atomic E-state index is 13.0. The van der Waals surface area contributed by atoms with Crippen LogP contribution in [0, 0.1) is 5.82 Å². The van der Waals surface area contributed by atoms with Crippen molar-refractivity contribution in [1.82, 2.24) is 4.90 Å². The van der Waals surface area contributed by atoms with E-state index in [2.05, 4.69) is 4.74 Å². The Kier molecular flexibility index (Phi) is 4.25. The first-order valence-electron chi connectivity index (χ1n) is 5.96. The predicted octanol–water partition coefficient (Wildman–Crippen LogP) is 1.23. The Morgan fingerprint density at radius 2 is 2.20 bits per heavy atom. The van der Waals surface area contributed by atoms with Gasteiger partial charge in [0.25, 0.3) is 5.91 Å². The van der Waals surface area contributed by atoms with Gasteiger partial charge in [-0.2, -0.15) is 0 Å². The minimum Gasteiger partial charge on any atom is -0.467 e. The van der Waals surface area contributed by atoms with E-state index in [4.69, 9.17) is 11.6 Å². The highest BCUT2D eigenvalue weighted by Gasteiger charge is 2.40. The molecule has 1 aliphatic rings. The number of aliphatic hydroxyl groups is 1. The molecule has 5 nitrogen and oxygen atoms in total. The number of likely N-dealkylation sites (tertiary alicyclic amines) is 1.